The second-order valence-electron chi connectivity index (χ2n) is 26.7. The minimum Gasteiger partial charge on any atom is -0.507 e. The van der Waals surface area contributed by atoms with Gasteiger partial charge in [-0.2, -0.15) is 0 Å². The van der Waals surface area contributed by atoms with Gasteiger partial charge in [0.05, 0.1) is 16.7 Å². The van der Waals surface area contributed by atoms with E-state index in [4.69, 9.17) is 0 Å². The summed E-state index contributed by atoms with van der Waals surface area (Å²) in [6, 6.07) is 36.0. The highest BCUT2D eigenvalue weighted by Gasteiger charge is 2.33. The fourth-order valence-electron chi connectivity index (χ4n) is 8.37. The quantitative estimate of drug-likeness (QED) is 0.0582. The van der Waals surface area contributed by atoms with E-state index < -0.39 is 51.8 Å². The second kappa shape index (κ2) is 26.2. The van der Waals surface area contributed by atoms with Crippen molar-refractivity contribution < 1.29 is 44.1 Å². The molecule has 0 spiro atoms. The lowest BCUT2D eigenvalue weighted by Gasteiger charge is -2.27. The van der Waals surface area contributed by atoms with E-state index in [0.29, 0.717) is 33.4 Å². The van der Waals surface area contributed by atoms with Gasteiger partial charge in [0.25, 0.3) is 0 Å². The van der Waals surface area contributed by atoms with E-state index in [-0.39, 0.29) is 66.4 Å². The van der Waals surface area contributed by atoms with Crippen molar-refractivity contribution in [2.75, 3.05) is 0 Å². The van der Waals surface area contributed by atoms with Gasteiger partial charge < -0.3 is 15.3 Å². The first kappa shape index (κ1) is 67.7. The van der Waals surface area contributed by atoms with Gasteiger partial charge in [-0.15, -0.1) is 0 Å². The molecule has 0 saturated carbocycles. The van der Waals surface area contributed by atoms with Gasteiger partial charge in [0.15, 0.2) is 0 Å². The third-order valence-corrected chi connectivity index (χ3v) is 13.5. The summed E-state index contributed by atoms with van der Waals surface area (Å²) in [5, 5.41) is 32.1. The molecule has 0 atom stereocenters. The number of aromatic amines is 3. The molecule has 7 aromatic rings. The molecule has 0 fully saturated rings. The highest BCUT2D eigenvalue weighted by atomic mass is 16.3. The number of benzene rings is 6. The van der Waals surface area contributed by atoms with Crippen LogP contribution in [0.3, 0.4) is 0 Å². The first-order valence-corrected chi connectivity index (χ1v) is 27.5. The Bertz CT molecular complexity index is 3340. The zero-order valence-electron chi connectivity index (χ0n) is 51.6. The van der Waals surface area contributed by atoms with Crippen LogP contribution in [0, 0.1) is 0 Å². The molecule has 15 nitrogen and oxygen atoms in total. The molecule has 444 valence electrons. The maximum absolute atomic E-state index is 12.8. The van der Waals surface area contributed by atoms with Gasteiger partial charge in [-0.1, -0.05) is 234 Å². The monoisotopic (exact) mass is 1140 g/mol. The Morgan fingerprint density at radius 1 is 0.286 bits per heavy atom. The SMILES string of the molecule is CC(C)(C)c1cc(C(=O)C(=O)c2ccccc2)c(O)c(C(C)(C)C)c1.CC(C)(C)c1cc(C(=O)C(=O)c2ccccc2)c(O)c(C(C)(C)C)c1.CC(C)(C)c1cc(C(=O)C(=O)c2ccccc2)c(O)c(C(C)(C)C)c1.O=c1[nH]c(=O)[nH]c(=O)[nH]1. The van der Waals surface area contributed by atoms with E-state index >= 15 is 0 Å². The Kier molecular flexibility index (Phi) is 21.1. The van der Waals surface area contributed by atoms with Gasteiger partial charge in [-0.05, 0) is 67.4 Å². The van der Waals surface area contributed by atoms with Gasteiger partial charge in [0.2, 0.25) is 34.7 Å². The van der Waals surface area contributed by atoms with Gasteiger partial charge >= 0.3 is 17.1 Å². The number of aromatic hydroxyl groups is 3. The van der Waals surface area contributed by atoms with Crippen LogP contribution in [0.4, 0.5) is 0 Å². The number of ketones is 6. The third-order valence-electron chi connectivity index (χ3n) is 13.5. The summed E-state index contributed by atoms with van der Waals surface area (Å²) in [5.41, 5.74) is 1.87. The number of carbonyl (C=O) groups is 6. The molecule has 7 rings (SSSR count). The van der Waals surface area contributed by atoms with E-state index in [1.54, 1.807) is 124 Å². The Morgan fingerprint density at radius 2 is 0.476 bits per heavy atom. The van der Waals surface area contributed by atoms with Crippen LogP contribution in [0.2, 0.25) is 0 Å². The number of H-pyrrole nitrogens is 3. The molecule has 0 amide bonds. The zero-order chi connectivity index (χ0) is 63.8. The second-order valence-corrected chi connectivity index (χ2v) is 26.7. The molecule has 1 heterocycles. The van der Waals surface area contributed by atoms with Crippen molar-refractivity contribution >= 4 is 34.7 Å². The minimum atomic E-state index is -0.802. The largest absolute Gasteiger partial charge is 0.507 e. The number of rotatable bonds is 9. The highest BCUT2D eigenvalue weighted by molar-refractivity contribution is 6.51. The molecular formula is C69H81N3O12. The van der Waals surface area contributed by atoms with Crippen molar-refractivity contribution in [2.45, 2.75) is 157 Å². The molecule has 0 radical (unpaired) electrons. The van der Waals surface area contributed by atoms with Crippen LogP contribution in [0.15, 0.2) is 142 Å². The van der Waals surface area contributed by atoms with E-state index in [9.17, 15) is 58.5 Å². The Morgan fingerprint density at radius 3 is 0.643 bits per heavy atom. The van der Waals surface area contributed by atoms with E-state index in [1.165, 1.54) is 0 Å². The fourth-order valence-corrected chi connectivity index (χ4v) is 8.37. The minimum absolute atomic E-state index is 0.0752. The van der Waals surface area contributed by atoms with E-state index in [2.05, 4.69) is 0 Å². The van der Waals surface area contributed by atoms with E-state index in [0.717, 1.165) is 16.7 Å². The average molecular weight is 1140 g/mol. The highest BCUT2D eigenvalue weighted by Crippen LogP contribution is 2.41. The molecule has 0 unspecified atom stereocenters. The number of hydrogen-bond donors (Lipinski definition) is 6. The molecule has 0 aliphatic heterocycles. The molecule has 0 bridgehead atoms. The number of carbonyl (C=O) groups excluding carboxylic acids is 6. The number of phenolic OH excluding ortho intramolecular Hbond substituents is 3. The predicted octanol–water partition coefficient (Wildman–Crippen LogP) is 12.9. The maximum Gasteiger partial charge on any atom is 0.330 e. The van der Waals surface area contributed by atoms with Crippen LogP contribution in [0.5, 0.6) is 17.2 Å². The van der Waals surface area contributed by atoms with Crippen molar-refractivity contribution in [3.05, 3.63) is 226 Å². The zero-order valence-corrected chi connectivity index (χ0v) is 51.6. The van der Waals surface area contributed by atoms with Crippen LogP contribution in [-0.2, 0) is 32.5 Å². The Labute approximate surface area is 491 Å². The summed E-state index contributed by atoms with van der Waals surface area (Å²) in [6.07, 6.45) is 0. The van der Waals surface area contributed by atoms with E-state index in [1.807, 2.05) is 143 Å². The standard InChI is InChI=1S/3C22H26O3.C3H3N3O3/c3*1-21(2,3)15-12-16(19(24)17(13-15)22(4,5)6)20(25)18(23)14-10-8-7-9-11-14;7-1-4-2(8)6-3(9)5-1/h3*7-13,24H,1-6H3;(H3,4,5,6,7,8,9). The molecule has 84 heavy (non-hydrogen) atoms. The number of hydrogen-bond acceptors (Lipinski definition) is 12. The number of Topliss-reactive ketones (excluding diaryl/α,β-unsaturated/α-hetero) is 6. The van der Waals surface area contributed by atoms with Crippen LogP contribution >= 0.6 is 0 Å². The fraction of sp³-hybridized carbons (Fsp3) is 0.348. The summed E-state index contributed by atoms with van der Waals surface area (Å²) in [7, 11) is 0. The lowest BCUT2D eigenvalue weighted by atomic mass is 9.78. The molecular weight excluding hydrogens is 1060 g/mol. The number of aromatic nitrogens is 3. The molecule has 0 saturated heterocycles. The van der Waals surface area contributed by atoms with Crippen molar-refractivity contribution in [3.63, 3.8) is 0 Å². The summed E-state index contributed by atoms with van der Waals surface area (Å²) in [6.45, 7) is 36.1. The van der Waals surface area contributed by atoms with Crippen molar-refractivity contribution in [1.29, 1.82) is 0 Å². The number of phenols is 3. The smallest absolute Gasteiger partial charge is 0.330 e. The van der Waals surface area contributed by atoms with Gasteiger partial charge in [-0.3, -0.25) is 43.7 Å². The topological polar surface area (TPSA) is 262 Å². The third kappa shape index (κ3) is 17.6. The summed E-state index contributed by atoms with van der Waals surface area (Å²) < 4.78 is 0. The first-order chi connectivity index (χ1) is 38.5. The van der Waals surface area contributed by atoms with Crippen molar-refractivity contribution in [1.82, 2.24) is 15.0 Å². The summed E-state index contributed by atoms with van der Waals surface area (Å²) in [5.74, 6) is -4.18. The predicted molar refractivity (Wildman–Crippen MR) is 330 cm³/mol. The average Bonchev–Trinajstić information content (AvgIpc) is 3.44. The lowest BCUT2D eigenvalue weighted by molar-refractivity contribution is 0.0815. The van der Waals surface area contributed by atoms with Gasteiger partial charge in [0.1, 0.15) is 17.2 Å². The molecule has 0 aliphatic rings. The molecule has 15 heteroatoms. The summed E-state index contributed by atoms with van der Waals surface area (Å²) in [4.78, 5) is 112. The first-order valence-electron chi connectivity index (χ1n) is 27.5. The van der Waals surface area contributed by atoms with Gasteiger partial charge in [-0.25, -0.2) is 14.4 Å². The Hall–Kier alpha value is -8.85. The van der Waals surface area contributed by atoms with Crippen LogP contribution < -0.4 is 17.1 Å². The summed E-state index contributed by atoms with van der Waals surface area (Å²) >= 11 is 0. The number of nitrogens with one attached hydrogen (secondary N) is 3. The lowest BCUT2D eigenvalue weighted by Crippen LogP contribution is -2.34. The van der Waals surface area contributed by atoms with Crippen molar-refractivity contribution in [2.24, 2.45) is 0 Å². The normalized spacial score (nSPS) is 11.8. The molecule has 6 N–H and O–H groups in total. The molecule has 6 aromatic carbocycles. The molecule has 0 aliphatic carbocycles. The Balaban J connectivity index is 0.000000251. The van der Waals surface area contributed by atoms with Crippen LogP contribution in [0.1, 0.15) is 220 Å². The van der Waals surface area contributed by atoms with Crippen LogP contribution in [-0.4, -0.2) is 65.0 Å². The van der Waals surface area contributed by atoms with Crippen molar-refractivity contribution in [3.8, 4) is 17.2 Å². The molecule has 1 aromatic heterocycles. The van der Waals surface area contributed by atoms with Crippen LogP contribution in [0.25, 0.3) is 0 Å². The van der Waals surface area contributed by atoms with Gasteiger partial charge in [0, 0.05) is 33.4 Å². The maximum atomic E-state index is 12.8.